The lowest BCUT2D eigenvalue weighted by Crippen LogP contribution is -2.27. The summed E-state index contributed by atoms with van der Waals surface area (Å²) >= 11 is 0. The first-order valence-corrected chi connectivity index (χ1v) is 10.5. The molecule has 0 aliphatic heterocycles. The Balaban J connectivity index is 1.51. The van der Waals surface area contributed by atoms with Crippen molar-refractivity contribution in [3.63, 3.8) is 0 Å². The van der Waals surface area contributed by atoms with Crippen molar-refractivity contribution in [2.75, 3.05) is 6.54 Å². The highest BCUT2D eigenvalue weighted by Crippen LogP contribution is 2.18. The second-order valence-electron chi connectivity index (χ2n) is 7.71. The largest absolute Gasteiger partial charge is 0.352 e. The van der Waals surface area contributed by atoms with Crippen molar-refractivity contribution in [1.29, 1.82) is 0 Å². The lowest BCUT2D eigenvalue weighted by Gasteiger charge is -2.14. The molecule has 0 bridgehead atoms. The van der Waals surface area contributed by atoms with Gasteiger partial charge in [0.25, 0.3) is 11.5 Å². The number of hydrogen-bond donors (Lipinski definition) is 1. The lowest BCUT2D eigenvalue weighted by molar-refractivity contribution is 0.0954. The topological polar surface area (TPSA) is 81.3 Å². The van der Waals surface area contributed by atoms with Crippen molar-refractivity contribution < 1.29 is 9.18 Å². The van der Waals surface area contributed by atoms with Crippen LogP contribution in [0.25, 0.3) is 16.6 Å². The van der Waals surface area contributed by atoms with E-state index < -0.39 is 0 Å². The summed E-state index contributed by atoms with van der Waals surface area (Å²) in [4.78, 5) is 30.0. The molecule has 2 aromatic carbocycles. The van der Waals surface area contributed by atoms with Crippen LogP contribution in [0.4, 0.5) is 4.39 Å². The highest BCUT2D eigenvalue weighted by atomic mass is 19.1. The summed E-state index contributed by atoms with van der Waals surface area (Å²) in [6.07, 6.45) is 5.67. The van der Waals surface area contributed by atoms with E-state index in [1.165, 1.54) is 12.1 Å². The number of pyridine rings is 1. The number of amides is 1. The van der Waals surface area contributed by atoms with Crippen LogP contribution in [0, 0.1) is 5.82 Å². The summed E-state index contributed by atoms with van der Waals surface area (Å²) in [6, 6.07) is 16.7. The van der Waals surface area contributed by atoms with Gasteiger partial charge in [-0.2, -0.15) is 5.10 Å². The highest BCUT2D eigenvalue weighted by molar-refractivity contribution is 5.97. The zero-order valence-corrected chi connectivity index (χ0v) is 17.6. The average Bonchev–Trinajstić information content (AvgIpc) is 3.32. The minimum atomic E-state index is -0.371. The molecule has 0 atom stereocenters. The second-order valence-corrected chi connectivity index (χ2v) is 7.71. The van der Waals surface area contributed by atoms with E-state index in [0.29, 0.717) is 40.6 Å². The minimum Gasteiger partial charge on any atom is -0.352 e. The molecular weight excluding hydrogens is 421 g/mol. The summed E-state index contributed by atoms with van der Waals surface area (Å²) in [7, 11) is 0. The summed E-state index contributed by atoms with van der Waals surface area (Å²) in [5.74, 6) is -0.610. The van der Waals surface area contributed by atoms with Crippen LogP contribution < -0.4 is 10.9 Å². The maximum absolute atomic E-state index is 13.7. The van der Waals surface area contributed by atoms with Gasteiger partial charge in [-0.15, -0.1) is 0 Å². The third kappa shape index (κ3) is 4.10. The smallest absolute Gasteiger partial charge is 0.277 e. The van der Waals surface area contributed by atoms with E-state index in [4.69, 9.17) is 0 Å². The Bertz CT molecular complexity index is 1520. The number of aromatic nitrogens is 4. The van der Waals surface area contributed by atoms with Gasteiger partial charge in [-0.3, -0.25) is 14.6 Å². The third-order valence-electron chi connectivity index (χ3n) is 5.54. The zero-order chi connectivity index (χ0) is 22.8. The Hall–Kier alpha value is -4.33. The number of carbonyl (C=O) groups is 1. The number of halogens is 1. The molecule has 3 aromatic heterocycles. The van der Waals surface area contributed by atoms with E-state index in [1.54, 1.807) is 64.1 Å². The quantitative estimate of drug-likeness (QED) is 0.439. The van der Waals surface area contributed by atoms with Gasteiger partial charge in [0.2, 0.25) is 0 Å². The molecule has 8 heteroatoms. The van der Waals surface area contributed by atoms with Crippen molar-refractivity contribution in [2.24, 2.45) is 0 Å². The number of hydrogen-bond acceptors (Lipinski definition) is 4. The molecule has 5 rings (SSSR count). The molecule has 33 heavy (non-hydrogen) atoms. The molecule has 0 aliphatic carbocycles. The molecule has 1 N–H and O–H groups in total. The Kier molecular flexibility index (Phi) is 5.40. The van der Waals surface area contributed by atoms with Gasteiger partial charge in [0, 0.05) is 24.5 Å². The highest BCUT2D eigenvalue weighted by Gasteiger charge is 2.15. The predicted molar refractivity (Wildman–Crippen MR) is 123 cm³/mol. The van der Waals surface area contributed by atoms with Gasteiger partial charge in [-0.25, -0.2) is 8.91 Å². The number of nitrogens with one attached hydrogen (secondary N) is 1. The van der Waals surface area contributed by atoms with Gasteiger partial charge < -0.3 is 9.88 Å². The van der Waals surface area contributed by atoms with Crippen LogP contribution in [-0.4, -0.2) is 31.6 Å². The maximum atomic E-state index is 13.7. The first kappa shape index (κ1) is 20.6. The Morgan fingerprint density at radius 3 is 2.58 bits per heavy atom. The standard InChI is InChI=1S/C25H20FN5O2/c26-20-3-1-2-18(14-20)16-30-23-15-19(24(32)28-12-8-17-6-10-27-11-7-17)4-5-21(23)31-22(25(30)33)9-13-29-31/h1-7,9-11,13-15H,8,12,16H2,(H,28,32). The van der Waals surface area contributed by atoms with Crippen LogP contribution >= 0.6 is 0 Å². The van der Waals surface area contributed by atoms with Crippen molar-refractivity contribution in [3.05, 3.63) is 112 Å². The van der Waals surface area contributed by atoms with Gasteiger partial charge in [0.1, 0.15) is 11.3 Å². The normalized spacial score (nSPS) is 11.2. The van der Waals surface area contributed by atoms with Gasteiger partial charge in [-0.1, -0.05) is 12.1 Å². The van der Waals surface area contributed by atoms with Gasteiger partial charge in [-0.05, 0) is 66.1 Å². The first-order chi connectivity index (χ1) is 16.1. The van der Waals surface area contributed by atoms with Gasteiger partial charge >= 0.3 is 0 Å². The molecule has 7 nitrogen and oxygen atoms in total. The van der Waals surface area contributed by atoms with Crippen LogP contribution in [0.15, 0.2) is 84.0 Å². The van der Waals surface area contributed by atoms with Crippen molar-refractivity contribution in [3.8, 4) is 0 Å². The molecule has 0 spiro atoms. The van der Waals surface area contributed by atoms with E-state index in [0.717, 1.165) is 5.56 Å². The Morgan fingerprint density at radius 2 is 1.76 bits per heavy atom. The second kappa shape index (κ2) is 8.66. The van der Waals surface area contributed by atoms with Crippen molar-refractivity contribution in [1.82, 2.24) is 24.5 Å². The van der Waals surface area contributed by atoms with E-state index in [9.17, 15) is 14.0 Å². The molecule has 1 amide bonds. The third-order valence-corrected chi connectivity index (χ3v) is 5.54. The van der Waals surface area contributed by atoms with Crippen LogP contribution in [0.2, 0.25) is 0 Å². The van der Waals surface area contributed by atoms with Gasteiger partial charge in [0.05, 0.1) is 23.8 Å². The van der Waals surface area contributed by atoms with Crippen LogP contribution in [-0.2, 0) is 13.0 Å². The van der Waals surface area contributed by atoms with E-state index in [1.807, 2.05) is 12.1 Å². The van der Waals surface area contributed by atoms with Crippen molar-refractivity contribution >= 4 is 22.5 Å². The molecule has 164 valence electrons. The summed E-state index contributed by atoms with van der Waals surface area (Å²) in [5.41, 5.74) is 3.52. The van der Waals surface area contributed by atoms with E-state index >= 15 is 0 Å². The van der Waals surface area contributed by atoms with E-state index in [2.05, 4.69) is 15.4 Å². The van der Waals surface area contributed by atoms with E-state index in [-0.39, 0.29) is 23.8 Å². The monoisotopic (exact) mass is 441 g/mol. The molecule has 0 unspecified atom stereocenters. The fourth-order valence-electron chi connectivity index (χ4n) is 3.91. The molecule has 0 radical (unpaired) electrons. The number of carbonyl (C=O) groups excluding carboxylic acids is 1. The van der Waals surface area contributed by atoms with Crippen LogP contribution in [0.1, 0.15) is 21.5 Å². The number of fused-ring (bicyclic) bond motifs is 3. The fraction of sp³-hybridized carbons (Fsp3) is 0.120. The lowest BCUT2D eigenvalue weighted by atomic mass is 10.1. The first-order valence-electron chi connectivity index (χ1n) is 10.5. The van der Waals surface area contributed by atoms with Crippen LogP contribution in [0.3, 0.4) is 0 Å². The van der Waals surface area contributed by atoms with Gasteiger partial charge in [0.15, 0.2) is 0 Å². The molecule has 0 fully saturated rings. The Morgan fingerprint density at radius 1 is 0.909 bits per heavy atom. The number of rotatable bonds is 6. The molecule has 5 aromatic rings. The predicted octanol–water partition coefficient (Wildman–Crippen LogP) is 3.20. The molecule has 3 heterocycles. The average molecular weight is 441 g/mol. The van der Waals surface area contributed by atoms with Crippen molar-refractivity contribution in [2.45, 2.75) is 13.0 Å². The van der Waals surface area contributed by atoms with Crippen LogP contribution in [0.5, 0.6) is 0 Å². The summed E-state index contributed by atoms with van der Waals surface area (Å²) in [5, 5.41) is 7.18. The maximum Gasteiger partial charge on any atom is 0.277 e. The zero-order valence-electron chi connectivity index (χ0n) is 17.6. The minimum absolute atomic E-state index is 0.169. The molecule has 0 saturated heterocycles. The molecular formula is C25H20FN5O2. The Labute approximate surface area is 188 Å². The molecule has 0 saturated carbocycles. The molecule has 0 aliphatic rings. The number of nitrogens with zero attached hydrogens (tertiary/aromatic N) is 4. The summed E-state index contributed by atoms with van der Waals surface area (Å²) in [6.45, 7) is 0.636. The SMILES string of the molecule is O=C(NCCc1ccncc1)c1ccc2c(c1)n(Cc1cccc(F)c1)c(=O)c1ccnn12. The fourth-order valence-corrected chi connectivity index (χ4v) is 3.91. The number of benzene rings is 2. The summed E-state index contributed by atoms with van der Waals surface area (Å²) < 4.78 is 16.9.